The number of aryl methyl sites for hydroxylation is 1. The second-order valence-electron chi connectivity index (χ2n) is 14.1. The molecular formula is C36H34F5N7O2. The second-order valence-corrected chi connectivity index (χ2v) is 14.1. The minimum atomic E-state index is -4.40. The summed E-state index contributed by atoms with van der Waals surface area (Å²) >= 11 is 0. The van der Waals surface area contributed by atoms with Crippen molar-refractivity contribution in [2.45, 2.75) is 37.5 Å². The van der Waals surface area contributed by atoms with Gasteiger partial charge in [0, 0.05) is 66.7 Å². The fourth-order valence-electron chi connectivity index (χ4n) is 8.33. The Balaban J connectivity index is 1.39. The topological polar surface area (TPSA) is 91.6 Å². The van der Waals surface area contributed by atoms with Gasteiger partial charge in [-0.3, -0.25) is 4.68 Å². The second kappa shape index (κ2) is 11.4. The van der Waals surface area contributed by atoms with Crippen LogP contribution in [0.15, 0.2) is 30.5 Å². The first kappa shape index (κ1) is 32.5. The molecule has 2 bridgehead atoms. The number of phenolic OH excluding ortho intramolecular Hbond substituents is 1. The molecule has 1 saturated carbocycles. The van der Waals surface area contributed by atoms with Gasteiger partial charge in [0.2, 0.25) is 0 Å². The number of piperazine rings is 1. The monoisotopic (exact) mass is 691 g/mol. The molecule has 4 heterocycles. The molecule has 3 fully saturated rings. The van der Waals surface area contributed by atoms with Crippen LogP contribution < -0.4 is 15.0 Å². The predicted molar refractivity (Wildman–Crippen MR) is 179 cm³/mol. The number of halogens is 5. The summed E-state index contributed by atoms with van der Waals surface area (Å²) in [5, 5.41) is 20.3. The van der Waals surface area contributed by atoms with Crippen LogP contribution in [0, 0.1) is 35.3 Å². The van der Waals surface area contributed by atoms with Crippen molar-refractivity contribution in [2.24, 2.45) is 18.4 Å². The molecule has 3 aliphatic rings. The quantitative estimate of drug-likeness (QED) is 0.165. The Hall–Kier alpha value is -4.74. The van der Waals surface area contributed by atoms with E-state index in [0.717, 1.165) is 12.8 Å². The van der Waals surface area contributed by atoms with E-state index in [4.69, 9.17) is 16.1 Å². The maximum absolute atomic E-state index is 17.5. The lowest BCUT2D eigenvalue weighted by atomic mass is 9.91. The van der Waals surface area contributed by atoms with Crippen molar-refractivity contribution in [3.63, 3.8) is 0 Å². The van der Waals surface area contributed by atoms with E-state index in [9.17, 15) is 18.3 Å². The number of aromatic hydroxyl groups is 1. The Kier molecular flexibility index (Phi) is 7.40. The Morgan fingerprint density at radius 2 is 1.84 bits per heavy atom. The molecule has 2 unspecified atom stereocenters. The number of nitrogens with zero attached hydrogens (tertiary/aromatic N) is 6. The molecule has 8 rings (SSSR count). The molecule has 2 saturated heterocycles. The Labute approximate surface area is 284 Å². The van der Waals surface area contributed by atoms with E-state index in [-0.39, 0.29) is 76.5 Å². The Morgan fingerprint density at radius 3 is 2.50 bits per heavy atom. The van der Waals surface area contributed by atoms with E-state index < -0.39 is 29.1 Å². The van der Waals surface area contributed by atoms with Crippen molar-refractivity contribution in [3.8, 4) is 35.2 Å². The van der Waals surface area contributed by atoms with Gasteiger partial charge in [-0.25, -0.2) is 8.78 Å². The number of aromatic nitrogens is 4. The predicted octanol–water partition coefficient (Wildman–Crippen LogP) is 5.75. The molecule has 2 aliphatic heterocycles. The van der Waals surface area contributed by atoms with Crippen molar-refractivity contribution in [2.75, 3.05) is 45.2 Å². The lowest BCUT2D eigenvalue weighted by Crippen LogP contribution is -2.52. The molecule has 3 aromatic carbocycles. The number of rotatable bonds is 7. The van der Waals surface area contributed by atoms with Crippen LogP contribution >= 0.6 is 0 Å². The highest BCUT2D eigenvalue weighted by Gasteiger charge is 2.67. The van der Waals surface area contributed by atoms with Gasteiger partial charge in [-0.05, 0) is 62.5 Å². The largest absolute Gasteiger partial charge is 0.508 e. The van der Waals surface area contributed by atoms with Crippen molar-refractivity contribution < 1.29 is 31.8 Å². The van der Waals surface area contributed by atoms with Gasteiger partial charge in [-0.2, -0.15) is 28.2 Å². The number of anilines is 1. The van der Waals surface area contributed by atoms with Crippen LogP contribution in [0.1, 0.15) is 24.8 Å². The average molecular weight is 692 g/mol. The average Bonchev–Trinajstić information content (AvgIpc) is 3.56. The number of alkyl halides is 3. The summed E-state index contributed by atoms with van der Waals surface area (Å²) in [5.74, 6) is -0.510. The molecule has 2 N–H and O–H groups in total. The maximum Gasteiger partial charge on any atom is 0.392 e. The van der Waals surface area contributed by atoms with Gasteiger partial charge >= 0.3 is 12.2 Å². The summed E-state index contributed by atoms with van der Waals surface area (Å²) < 4.78 is 81.9. The molecular weight excluding hydrogens is 657 g/mol. The number of fused-ring (bicyclic) bond motifs is 6. The van der Waals surface area contributed by atoms with E-state index in [1.165, 1.54) is 28.9 Å². The Morgan fingerprint density at radius 1 is 1.10 bits per heavy atom. The SMILES string of the molecule is C#Cc1c(F)ccc2cc(O)cc(-c3c(F)c4nc(OC[C@@]5(CN(C)C)C[C@H]5C(F)(F)F)nc(N5C6CCC5CNC6)c4c4cn(C)nc34)c12. The van der Waals surface area contributed by atoms with Crippen LogP contribution in [0.3, 0.4) is 0 Å². The van der Waals surface area contributed by atoms with Crippen molar-refractivity contribution in [1.29, 1.82) is 0 Å². The molecule has 0 radical (unpaired) electrons. The standard InChI is InChI=1S/C36H34F5N7O2/c1-5-22-25(37)9-6-18-10-21(49)11-23(27(18)22)28-30(38)32-29(24-15-47(4)45-31(24)28)33(48-19-7-8-20(48)14-42-13-19)44-34(43-32)50-17-35(16-46(2)3)12-26(35)36(39,40)41/h1,6,9-11,15,19-20,26,42,49H,7-8,12-14,16-17H2,2-4H3/t19?,20?,26-,35+/m1/s1. The smallest absolute Gasteiger partial charge is 0.392 e. The molecule has 9 nitrogen and oxygen atoms in total. The normalized spacial score (nSPS) is 23.4. The van der Waals surface area contributed by atoms with E-state index in [0.29, 0.717) is 35.1 Å². The molecule has 14 heteroatoms. The third-order valence-corrected chi connectivity index (χ3v) is 10.4. The highest BCUT2D eigenvalue weighted by molar-refractivity contribution is 6.18. The number of ether oxygens (including phenoxy) is 1. The Bertz CT molecular complexity index is 2230. The lowest BCUT2D eigenvalue weighted by molar-refractivity contribution is -0.158. The molecule has 0 spiro atoms. The van der Waals surface area contributed by atoms with Crippen molar-refractivity contribution in [3.05, 3.63) is 47.7 Å². The first-order valence-electron chi connectivity index (χ1n) is 16.4. The minimum absolute atomic E-state index is 0.0310. The number of hydrogen-bond acceptors (Lipinski definition) is 8. The third-order valence-electron chi connectivity index (χ3n) is 10.4. The van der Waals surface area contributed by atoms with Crippen LogP contribution in [-0.4, -0.2) is 88.4 Å². The maximum atomic E-state index is 17.5. The van der Waals surface area contributed by atoms with Gasteiger partial charge in [0.15, 0.2) is 5.82 Å². The molecule has 50 heavy (non-hydrogen) atoms. The fraction of sp³-hybridized carbons (Fsp3) is 0.417. The highest BCUT2D eigenvalue weighted by Crippen LogP contribution is 2.60. The van der Waals surface area contributed by atoms with E-state index in [1.54, 1.807) is 32.2 Å². The van der Waals surface area contributed by atoms with Gasteiger partial charge in [0.25, 0.3) is 0 Å². The lowest BCUT2D eigenvalue weighted by Gasteiger charge is -2.37. The number of hydrogen-bond donors (Lipinski definition) is 2. The molecule has 2 aromatic heterocycles. The van der Waals surface area contributed by atoms with Crippen LogP contribution in [0.25, 0.3) is 43.7 Å². The van der Waals surface area contributed by atoms with Crippen LogP contribution in [0.2, 0.25) is 0 Å². The van der Waals surface area contributed by atoms with Crippen molar-refractivity contribution >= 4 is 38.4 Å². The molecule has 4 atom stereocenters. The highest BCUT2D eigenvalue weighted by atomic mass is 19.4. The summed E-state index contributed by atoms with van der Waals surface area (Å²) in [6.45, 7) is 1.15. The summed E-state index contributed by atoms with van der Waals surface area (Å²) in [5.41, 5.74) is -1.20. The zero-order chi connectivity index (χ0) is 35.3. The molecule has 0 amide bonds. The van der Waals surface area contributed by atoms with E-state index in [2.05, 4.69) is 26.2 Å². The number of phenols is 1. The summed E-state index contributed by atoms with van der Waals surface area (Å²) in [7, 11) is 5.10. The zero-order valence-electron chi connectivity index (χ0n) is 27.6. The van der Waals surface area contributed by atoms with Gasteiger partial charge in [-0.1, -0.05) is 12.0 Å². The van der Waals surface area contributed by atoms with Crippen LogP contribution in [0.5, 0.6) is 11.8 Å². The van der Waals surface area contributed by atoms with Gasteiger partial charge in [0.05, 0.1) is 23.5 Å². The summed E-state index contributed by atoms with van der Waals surface area (Å²) in [6.07, 6.45) is 4.70. The zero-order valence-corrected chi connectivity index (χ0v) is 27.6. The first-order chi connectivity index (χ1) is 23.8. The first-order valence-corrected chi connectivity index (χ1v) is 16.4. The molecule has 5 aromatic rings. The summed E-state index contributed by atoms with van der Waals surface area (Å²) in [6, 6.07) is 5.17. The fourth-order valence-corrected chi connectivity index (χ4v) is 8.33. The van der Waals surface area contributed by atoms with Gasteiger partial charge < -0.3 is 25.0 Å². The number of terminal acetylenes is 1. The van der Waals surface area contributed by atoms with Gasteiger partial charge in [0.1, 0.15) is 28.4 Å². The summed E-state index contributed by atoms with van der Waals surface area (Å²) in [4.78, 5) is 13.2. The number of nitrogens with one attached hydrogen (secondary N) is 1. The molecule has 260 valence electrons. The third kappa shape index (κ3) is 5.09. The minimum Gasteiger partial charge on any atom is -0.508 e. The van der Waals surface area contributed by atoms with Crippen molar-refractivity contribution in [1.82, 2.24) is 30.0 Å². The van der Waals surface area contributed by atoms with E-state index in [1.807, 2.05) is 0 Å². The molecule has 1 aliphatic carbocycles. The van der Waals surface area contributed by atoms with Crippen LogP contribution in [-0.2, 0) is 7.05 Å². The van der Waals surface area contributed by atoms with Gasteiger partial charge in [-0.15, -0.1) is 6.42 Å². The number of benzene rings is 3. The van der Waals surface area contributed by atoms with Crippen LogP contribution in [0.4, 0.5) is 27.8 Å². The van der Waals surface area contributed by atoms with E-state index >= 15 is 8.78 Å².